The maximum absolute atomic E-state index is 14.3. The van der Waals surface area contributed by atoms with Crippen molar-refractivity contribution in [2.75, 3.05) is 7.05 Å². The summed E-state index contributed by atoms with van der Waals surface area (Å²) in [7, 11) is 1.63. The SMILES string of the molecule is CN1C(=O)[C@H](c2ccc(C(C)(C)C)cc2)[C@@](C)(c2ccnc(-c3cccnc3F)c2)N=C1N. The molecule has 2 atom stereocenters. The van der Waals surface area contributed by atoms with Crippen LogP contribution in [-0.2, 0) is 15.7 Å². The third-order valence-electron chi connectivity index (χ3n) is 6.32. The second kappa shape index (κ2) is 8.06. The van der Waals surface area contributed by atoms with Crippen molar-refractivity contribution < 1.29 is 9.18 Å². The summed E-state index contributed by atoms with van der Waals surface area (Å²) in [4.78, 5) is 27.7. The van der Waals surface area contributed by atoms with Crippen molar-refractivity contribution in [3.8, 4) is 11.3 Å². The van der Waals surface area contributed by atoms with E-state index in [1.54, 1.807) is 37.5 Å². The topological polar surface area (TPSA) is 84.5 Å². The molecule has 2 aromatic heterocycles. The molecular weight excluding hydrogens is 417 g/mol. The number of nitrogens with two attached hydrogens (primary N) is 1. The highest BCUT2D eigenvalue weighted by Gasteiger charge is 2.47. The number of pyridine rings is 2. The maximum Gasteiger partial charge on any atom is 0.239 e. The molecule has 2 N–H and O–H groups in total. The molecule has 7 heteroatoms. The van der Waals surface area contributed by atoms with E-state index >= 15 is 0 Å². The Morgan fingerprint density at radius 2 is 1.76 bits per heavy atom. The molecule has 1 aliphatic heterocycles. The highest BCUT2D eigenvalue weighted by atomic mass is 19.1. The van der Waals surface area contributed by atoms with E-state index in [0.717, 1.165) is 5.56 Å². The number of amides is 1. The van der Waals surface area contributed by atoms with Crippen molar-refractivity contribution in [3.05, 3.63) is 83.6 Å². The van der Waals surface area contributed by atoms with Crippen LogP contribution in [-0.4, -0.2) is 33.8 Å². The van der Waals surface area contributed by atoms with Crippen LogP contribution in [0.4, 0.5) is 4.39 Å². The number of rotatable bonds is 3. The van der Waals surface area contributed by atoms with Gasteiger partial charge in [0, 0.05) is 19.4 Å². The number of benzene rings is 1. The fraction of sp³-hybridized carbons (Fsp3) is 0.308. The monoisotopic (exact) mass is 445 g/mol. The molecule has 1 amide bonds. The Morgan fingerprint density at radius 1 is 1.06 bits per heavy atom. The van der Waals surface area contributed by atoms with Gasteiger partial charge >= 0.3 is 0 Å². The summed E-state index contributed by atoms with van der Waals surface area (Å²) in [5.74, 6) is -1.24. The molecule has 0 bridgehead atoms. The summed E-state index contributed by atoms with van der Waals surface area (Å²) < 4.78 is 14.3. The van der Waals surface area contributed by atoms with Crippen LogP contribution in [0.2, 0.25) is 0 Å². The van der Waals surface area contributed by atoms with Crippen LogP contribution in [0, 0.1) is 5.95 Å². The summed E-state index contributed by atoms with van der Waals surface area (Å²) in [5.41, 5.74) is 8.55. The van der Waals surface area contributed by atoms with Crippen LogP contribution in [0.1, 0.15) is 50.3 Å². The molecule has 0 radical (unpaired) electrons. The zero-order valence-electron chi connectivity index (χ0n) is 19.5. The standard InChI is InChI=1S/C26H28FN5O/c1-25(2,3)17-10-8-16(9-11-17)21-23(33)32(5)24(28)31-26(21,4)18-12-14-29-20(15-18)19-7-6-13-30-22(19)27/h6-15,21H,1-5H3,(H2,28,31)/t21-,26+/m0/s1. The zero-order chi connectivity index (χ0) is 24.0. The molecule has 170 valence electrons. The first-order valence-corrected chi connectivity index (χ1v) is 10.8. The Balaban J connectivity index is 1.86. The van der Waals surface area contributed by atoms with Gasteiger partial charge in [-0.25, -0.2) is 9.98 Å². The van der Waals surface area contributed by atoms with Gasteiger partial charge in [0.25, 0.3) is 0 Å². The molecule has 0 spiro atoms. The second-order valence-corrected chi connectivity index (χ2v) is 9.59. The van der Waals surface area contributed by atoms with E-state index in [4.69, 9.17) is 10.7 Å². The first-order chi connectivity index (χ1) is 15.5. The highest BCUT2D eigenvalue weighted by Crippen LogP contribution is 2.44. The minimum Gasteiger partial charge on any atom is -0.369 e. The number of halogens is 1. The average molecular weight is 446 g/mol. The Bertz CT molecular complexity index is 1230. The van der Waals surface area contributed by atoms with Crippen molar-refractivity contribution in [1.82, 2.24) is 14.9 Å². The van der Waals surface area contributed by atoms with E-state index < -0.39 is 17.4 Å². The molecule has 4 rings (SSSR count). The maximum atomic E-state index is 14.3. The zero-order valence-corrected chi connectivity index (χ0v) is 19.5. The van der Waals surface area contributed by atoms with Crippen molar-refractivity contribution in [2.45, 2.75) is 44.6 Å². The number of carbonyl (C=O) groups is 1. The van der Waals surface area contributed by atoms with Gasteiger partial charge in [-0.2, -0.15) is 4.39 Å². The number of aliphatic imine (C=N–C) groups is 1. The molecule has 0 fully saturated rings. The first kappa shape index (κ1) is 22.6. The lowest BCUT2D eigenvalue weighted by Gasteiger charge is -2.41. The van der Waals surface area contributed by atoms with E-state index in [2.05, 4.69) is 30.7 Å². The average Bonchev–Trinajstić information content (AvgIpc) is 2.78. The van der Waals surface area contributed by atoms with Gasteiger partial charge < -0.3 is 5.73 Å². The van der Waals surface area contributed by atoms with Gasteiger partial charge in [0.1, 0.15) is 5.54 Å². The third kappa shape index (κ3) is 3.99. The van der Waals surface area contributed by atoms with E-state index in [0.29, 0.717) is 11.3 Å². The second-order valence-electron chi connectivity index (χ2n) is 9.59. The van der Waals surface area contributed by atoms with Crippen LogP contribution >= 0.6 is 0 Å². The van der Waals surface area contributed by atoms with Gasteiger partial charge in [-0.05, 0) is 53.3 Å². The van der Waals surface area contributed by atoms with Gasteiger partial charge in [-0.15, -0.1) is 0 Å². The number of nitrogens with zero attached hydrogens (tertiary/aromatic N) is 4. The highest BCUT2D eigenvalue weighted by molar-refractivity contribution is 6.02. The van der Waals surface area contributed by atoms with Gasteiger partial charge in [0.15, 0.2) is 5.96 Å². The van der Waals surface area contributed by atoms with E-state index in [-0.39, 0.29) is 22.8 Å². The normalized spacial score (nSPS) is 21.2. The summed E-state index contributed by atoms with van der Waals surface area (Å²) in [6.07, 6.45) is 2.98. The Morgan fingerprint density at radius 3 is 2.39 bits per heavy atom. The van der Waals surface area contributed by atoms with Crippen LogP contribution in [0.5, 0.6) is 0 Å². The molecule has 3 aromatic rings. The fourth-order valence-corrected chi connectivity index (χ4v) is 4.27. The number of hydrogen-bond donors (Lipinski definition) is 1. The summed E-state index contributed by atoms with van der Waals surface area (Å²) >= 11 is 0. The van der Waals surface area contributed by atoms with Crippen LogP contribution in [0.15, 0.2) is 65.9 Å². The lowest BCUT2D eigenvalue weighted by atomic mass is 9.73. The molecule has 0 saturated heterocycles. The van der Waals surface area contributed by atoms with Gasteiger partial charge in [0.05, 0.1) is 17.2 Å². The smallest absolute Gasteiger partial charge is 0.239 e. The van der Waals surface area contributed by atoms with Crippen LogP contribution in [0.25, 0.3) is 11.3 Å². The largest absolute Gasteiger partial charge is 0.369 e. The molecular formula is C26H28FN5O. The number of guanidine groups is 1. The minimum absolute atomic E-state index is 0.00836. The Hall–Kier alpha value is -3.61. The third-order valence-corrected chi connectivity index (χ3v) is 6.32. The van der Waals surface area contributed by atoms with Gasteiger partial charge in [-0.1, -0.05) is 45.0 Å². The molecule has 1 aliphatic rings. The van der Waals surface area contributed by atoms with Crippen LogP contribution in [0.3, 0.4) is 0 Å². The van der Waals surface area contributed by atoms with Gasteiger partial charge in [0.2, 0.25) is 11.9 Å². The van der Waals surface area contributed by atoms with E-state index in [1.165, 1.54) is 16.7 Å². The first-order valence-electron chi connectivity index (χ1n) is 10.8. The quantitative estimate of drug-likeness (QED) is 0.607. The summed E-state index contributed by atoms with van der Waals surface area (Å²) in [6.45, 7) is 8.32. The Kier molecular flexibility index (Phi) is 5.52. The number of aromatic nitrogens is 2. The Labute approximate surface area is 193 Å². The number of carbonyl (C=O) groups excluding carboxylic acids is 1. The molecule has 0 aliphatic carbocycles. The lowest BCUT2D eigenvalue weighted by Crippen LogP contribution is -2.52. The number of likely N-dealkylation sites (N-methyl/N-ethyl adjacent to an activating group) is 1. The predicted molar refractivity (Wildman–Crippen MR) is 127 cm³/mol. The van der Waals surface area contributed by atoms with E-state index in [9.17, 15) is 9.18 Å². The van der Waals surface area contributed by atoms with Crippen molar-refractivity contribution in [1.29, 1.82) is 0 Å². The molecule has 0 unspecified atom stereocenters. The van der Waals surface area contributed by atoms with Crippen LogP contribution < -0.4 is 5.73 Å². The van der Waals surface area contributed by atoms with Crippen molar-refractivity contribution >= 4 is 11.9 Å². The molecule has 0 saturated carbocycles. The van der Waals surface area contributed by atoms with Crippen molar-refractivity contribution in [3.63, 3.8) is 0 Å². The lowest BCUT2D eigenvalue weighted by molar-refractivity contribution is -0.130. The van der Waals surface area contributed by atoms with Crippen molar-refractivity contribution in [2.24, 2.45) is 10.7 Å². The fourth-order valence-electron chi connectivity index (χ4n) is 4.27. The number of hydrogen-bond acceptors (Lipinski definition) is 5. The molecule has 1 aromatic carbocycles. The van der Waals surface area contributed by atoms with E-state index in [1.807, 2.05) is 31.2 Å². The molecule has 6 nitrogen and oxygen atoms in total. The van der Waals surface area contributed by atoms with Gasteiger partial charge in [-0.3, -0.25) is 14.7 Å². The predicted octanol–water partition coefficient (Wildman–Crippen LogP) is 4.37. The summed E-state index contributed by atoms with van der Waals surface area (Å²) in [5, 5.41) is 0. The minimum atomic E-state index is -1.01. The molecule has 3 heterocycles. The molecule has 33 heavy (non-hydrogen) atoms. The summed E-state index contributed by atoms with van der Waals surface area (Å²) in [6, 6.07) is 14.9.